The Morgan fingerprint density at radius 2 is 1.84 bits per heavy atom. The van der Waals surface area contributed by atoms with Gasteiger partial charge in [-0.25, -0.2) is 4.39 Å². The highest BCUT2D eigenvalue weighted by Gasteiger charge is 2.44. The van der Waals surface area contributed by atoms with E-state index in [0.717, 1.165) is 11.2 Å². The first-order chi connectivity index (χ1) is 15.0. The van der Waals surface area contributed by atoms with Gasteiger partial charge in [-0.05, 0) is 30.5 Å². The molecule has 4 amide bonds. The SMILES string of the molecule is CS(=O)(=O)OC1CCN(Cc2ccc3c(c2)C(=O)N(C2CCC(=O)NC2=O)C3=O)CC1F. The van der Waals surface area contributed by atoms with E-state index in [9.17, 15) is 32.0 Å². The molecular formula is C20H22FN3O7S. The molecule has 0 aliphatic carbocycles. The number of halogens is 1. The second kappa shape index (κ2) is 8.34. The predicted octanol–water partition coefficient (Wildman–Crippen LogP) is -0.0236. The van der Waals surface area contributed by atoms with E-state index >= 15 is 0 Å². The van der Waals surface area contributed by atoms with Crippen molar-refractivity contribution in [3.8, 4) is 0 Å². The third-order valence-electron chi connectivity index (χ3n) is 5.77. The molecule has 1 N–H and O–H groups in total. The first-order valence-corrected chi connectivity index (χ1v) is 11.9. The van der Waals surface area contributed by atoms with Crippen LogP contribution in [0.3, 0.4) is 0 Å². The molecule has 3 aliphatic heterocycles. The van der Waals surface area contributed by atoms with Crippen molar-refractivity contribution in [2.45, 2.75) is 44.1 Å². The molecule has 0 radical (unpaired) electrons. The van der Waals surface area contributed by atoms with Crippen molar-refractivity contribution in [3.63, 3.8) is 0 Å². The zero-order chi connectivity index (χ0) is 23.2. The molecular weight excluding hydrogens is 445 g/mol. The molecule has 2 fully saturated rings. The van der Waals surface area contributed by atoms with Crippen LogP contribution in [-0.2, 0) is 30.4 Å². The molecule has 0 spiro atoms. The van der Waals surface area contributed by atoms with Gasteiger partial charge in [0.05, 0.1) is 17.4 Å². The average molecular weight is 467 g/mol. The van der Waals surface area contributed by atoms with Gasteiger partial charge >= 0.3 is 0 Å². The molecule has 3 atom stereocenters. The maximum atomic E-state index is 14.4. The largest absolute Gasteiger partial charge is 0.296 e. The Labute approximate surface area is 183 Å². The smallest absolute Gasteiger partial charge is 0.264 e. The van der Waals surface area contributed by atoms with Crippen LogP contribution in [-0.4, -0.2) is 79.5 Å². The number of rotatable bonds is 5. The van der Waals surface area contributed by atoms with Gasteiger partial charge in [-0.15, -0.1) is 0 Å². The highest BCUT2D eigenvalue weighted by Crippen LogP contribution is 2.29. The van der Waals surface area contributed by atoms with Gasteiger partial charge in [0.15, 0.2) is 0 Å². The number of carbonyl (C=O) groups is 4. The third-order valence-corrected chi connectivity index (χ3v) is 6.37. The van der Waals surface area contributed by atoms with E-state index in [4.69, 9.17) is 4.18 Å². The second-order valence-electron chi connectivity index (χ2n) is 8.21. The standard InChI is InChI=1S/C20H22FN3O7S/c1-32(29,30)31-16-6-7-23(10-14(16)21)9-11-2-3-12-13(8-11)20(28)24(19(12)27)15-4-5-17(25)22-18(15)26/h2-3,8,14-16H,4-7,9-10H2,1H3,(H,22,25,26). The lowest BCUT2D eigenvalue weighted by molar-refractivity contribution is -0.136. The molecule has 0 bridgehead atoms. The average Bonchev–Trinajstić information content (AvgIpc) is 2.94. The van der Waals surface area contributed by atoms with Gasteiger partial charge in [-0.2, -0.15) is 8.42 Å². The maximum absolute atomic E-state index is 14.4. The van der Waals surface area contributed by atoms with Crippen molar-refractivity contribution < 1.29 is 36.2 Å². The number of nitrogens with one attached hydrogen (secondary N) is 1. The number of fused-ring (bicyclic) bond motifs is 1. The quantitative estimate of drug-likeness (QED) is 0.472. The number of nitrogens with zero attached hydrogens (tertiary/aromatic N) is 2. The summed E-state index contributed by atoms with van der Waals surface area (Å²) in [5.41, 5.74) is 1.00. The Balaban J connectivity index is 1.45. The molecule has 3 aliphatic rings. The molecule has 3 unspecified atom stereocenters. The van der Waals surface area contributed by atoms with Crippen LogP contribution >= 0.6 is 0 Å². The van der Waals surface area contributed by atoms with E-state index in [1.165, 1.54) is 6.07 Å². The Bertz CT molecular complexity index is 1110. The monoisotopic (exact) mass is 467 g/mol. The molecule has 1 aromatic carbocycles. The lowest BCUT2D eigenvalue weighted by Crippen LogP contribution is -2.54. The molecule has 32 heavy (non-hydrogen) atoms. The van der Waals surface area contributed by atoms with Gasteiger partial charge < -0.3 is 0 Å². The van der Waals surface area contributed by atoms with Gasteiger partial charge in [0.2, 0.25) is 11.8 Å². The first kappa shape index (κ1) is 22.5. The molecule has 12 heteroatoms. The highest BCUT2D eigenvalue weighted by atomic mass is 32.2. The zero-order valence-corrected chi connectivity index (χ0v) is 18.1. The molecule has 10 nitrogen and oxygen atoms in total. The predicted molar refractivity (Wildman–Crippen MR) is 108 cm³/mol. The fourth-order valence-electron chi connectivity index (χ4n) is 4.30. The molecule has 0 aromatic heterocycles. The third kappa shape index (κ3) is 4.43. The van der Waals surface area contributed by atoms with E-state index in [1.807, 2.05) is 0 Å². The Kier molecular flexibility index (Phi) is 5.86. The normalized spacial score (nSPS) is 26.9. The van der Waals surface area contributed by atoms with Crippen molar-refractivity contribution in [3.05, 3.63) is 34.9 Å². The summed E-state index contributed by atoms with van der Waals surface area (Å²) in [7, 11) is -3.75. The minimum Gasteiger partial charge on any atom is -0.296 e. The summed E-state index contributed by atoms with van der Waals surface area (Å²) in [4.78, 5) is 51.8. The summed E-state index contributed by atoms with van der Waals surface area (Å²) in [6, 6.07) is 3.67. The Morgan fingerprint density at radius 3 is 2.50 bits per heavy atom. The summed E-state index contributed by atoms with van der Waals surface area (Å²) < 4.78 is 41.7. The summed E-state index contributed by atoms with van der Waals surface area (Å²) in [6.07, 6.45) is -1.32. The van der Waals surface area contributed by atoms with Gasteiger partial charge in [0.1, 0.15) is 18.3 Å². The van der Waals surface area contributed by atoms with Gasteiger partial charge in [-0.1, -0.05) is 6.07 Å². The Morgan fingerprint density at radius 1 is 1.12 bits per heavy atom. The van der Waals surface area contributed by atoms with Crippen molar-refractivity contribution >= 4 is 33.7 Å². The summed E-state index contributed by atoms with van der Waals surface area (Å²) in [5, 5.41) is 2.15. The van der Waals surface area contributed by atoms with Gasteiger partial charge in [0.25, 0.3) is 21.9 Å². The van der Waals surface area contributed by atoms with Crippen LogP contribution in [0.1, 0.15) is 45.5 Å². The number of hydrogen-bond donors (Lipinski definition) is 1. The number of piperidine rings is 2. The van der Waals surface area contributed by atoms with Gasteiger partial charge in [-0.3, -0.25) is 38.5 Å². The second-order valence-corrected chi connectivity index (χ2v) is 9.81. The van der Waals surface area contributed by atoms with E-state index < -0.39 is 52.1 Å². The molecule has 3 heterocycles. The lowest BCUT2D eigenvalue weighted by atomic mass is 10.0. The van der Waals surface area contributed by atoms with Crippen LogP contribution in [0.2, 0.25) is 0 Å². The Hall–Kier alpha value is -2.70. The van der Waals surface area contributed by atoms with Crippen molar-refractivity contribution in [1.82, 2.24) is 15.1 Å². The molecule has 0 saturated carbocycles. The van der Waals surface area contributed by atoms with Crippen LogP contribution in [0.5, 0.6) is 0 Å². The van der Waals surface area contributed by atoms with E-state index in [2.05, 4.69) is 5.32 Å². The van der Waals surface area contributed by atoms with Crippen molar-refractivity contribution in [2.75, 3.05) is 19.3 Å². The van der Waals surface area contributed by atoms with E-state index in [1.54, 1.807) is 17.0 Å². The molecule has 172 valence electrons. The molecule has 2 saturated heterocycles. The van der Waals surface area contributed by atoms with Crippen LogP contribution < -0.4 is 5.32 Å². The number of amides is 4. The minimum absolute atomic E-state index is 0.0352. The minimum atomic E-state index is -3.75. The van der Waals surface area contributed by atoms with Gasteiger partial charge in [0, 0.05) is 26.1 Å². The first-order valence-electron chi connectivity index (χ1n) is 10.1. The van der Waals surface area contributed by atoms with Crippen molar-refractivity contribution in [1.29, 1.82) is 0 Å². The maximum Gasteiger partial charge on any atom is 0.264 e. The lowest BCUT2D eigenvalue weighted by Gasteiger charge is -2.33. The fraction of sp³-hybridized carbons (Fsp3) is 0.500. The van der Waals surface area contributed by atoms with Crippen LogP contribution in [0.4, 0.5) is 4.39 Å². The molecule has 4 rings (SSSR count). The number of benzene rings is 1. The highest BCUT2D eigenvalue weighted by molar-refractivity contribution is 7.86. The number of imide groups is 2. The summed E-state index contributed by atoms with van der Waals surface area (Å²) in [6.45, 7) is 0.651. The van der Waals surface area contributed by atoms with Crippen LogP contribution in [0.15, 0.2) is 18.2 Å². The number of hydrogen-bond acceptors (Lipinski definition) is 8. The van der Waals surface area contributed by atoms with E-state index in [-0.39, 0.29) is 36.9 Å². The summed E-state index contributed by atoms with van der Waals surface area (Å²) >= 11 is 0. The van der Waals surface area contributed by atoms with Crippen LogP contribution in [0.25, 0.3) is 0 Å². The number of alkyl halides is 1. The summed E-state index contributed by atoms with van der Waals surface area (Å²) in [5.74, 6) is -2.32. The molecule has 1 aromatic rings. The number of likely N-dealkylation sites (tertiary alicyclic amines) is 1. The van der Waals surface area contributed by atoms with Crippen LogP contribution in [0, 0.1) is 0 Å². The number of carbonyl (C=O) groups excluding carboxylic acids is 4. The fourth-order valence-corrected chi connectivity index (χ4v) is 4.96. The zero-order valence-electron chi connectivity index (χ0n) is 17.2. The topological polar surface area (TPSA) is 130 Å². The van der Waals surface area contributed by atoms with E-state index in [0.29, 0.717) is 18.7 Å². The van der Waals surface area contributed by atoms with Crippen molar-refractivity contribution in [2.24, 2.45) is 0 Å².